The average Bonchev–Trinajstić information content (AvgIpc) is 2.37. The predicted octanol–water partition coefficient (Wildman–Crippen LogP) is 2.71. The highest BCUT2D eigenvalue weighted by atomic mass is 16.4. The van der Waals surface area contributed by atoms with E-state index in [0.717, 1.165) is 18.4 Å². The third-order valence-corrected chi connectivity index (χ3v) is 3.10. The number of rotatable bonds is 7. The van der Waals surface area contributed by atoms with Crippen LogP contribution in [-0.2, 0) is 16.8 Å². The standard InChI is InChI=1S/C15H21NO2/c1-4-6-12-7-9-13(10-8-12)15(3,14(17)18)16-11-5-2/h5,7-10,16H,2,4,6,11H2,1,3H3,(H,17,18). The molecule has 0 saturated heterocycles. The van der Waals surface area contributed by atoms with E-state index in [9.17, 15) is 9.90 Å². The maximum absolute atomic E-state index is 11.4. The van der Waals surface area contributed by atoms with Crippen LogP contribution in [0.4, 0.5) is 0 Å². The quantitative estimate of drug-likeness (QED) is 0.728. The number of hydrogen-bond acceptors (Lipinski definition) is 2. The largest absolute Gasteiger partial charge is 0.480 e. The number of hydrogen-bond donors (Lipinski definition) is 2. The zero-order valence-corrected chi connectivity index (χ0v) is 11.1. The van der Waals surface area contributed by atoms with Crippen LogP contribution in [0.3, 0.4) is 0 Å². The molecule has 1 aromatic carbocycles. The number of aryl methyl sites for hydroxylation is 1. The van der Waals surface area contributed by atoms with Gasteiger partial charge in [-0.2, -0.15) is 0 Å². The van der Waals surface area contributed by atoms with Crippen LogP contribution in [0, 0.1) is 0 Å². The first-order valence-corrected chi connectivity index (χ1v) is 6.23. The fourth-order valence-corrected chi connectivity index (χ4v) is 1.87. The van der Waals surface area contributed by atoms with E-state index in [1.165, 1.54) is 5.56 Å². The highest BCUT2D eigenvalue weighted by Crippen LogP contribution is 2.22. The van der Waals surface area contributed by atoms with Crippen LogP contribution >= 0.6 is 0 Å². The monoisotopic (exact) mass is 247 g/mol. The minimum absolute atomic E-state index is 0.458. The summed E-state index contributed by atoms with van der Waals surface area (Å²) in [5.74, 6) is -0.882. The van der Waals surface area contributed by atoms with Crippen molar-refractivity contribution in [3.63, 3.8) is 0 Å². The lowest BCUT2D eigenvalue weighted by molar-refractivity contribution is -0.144. The Morgan fingerprint density at radius 3 is 2.50 bits per heavy atom. The topological polar surface area (TPSA) is 49.3 Å². The molecule has 0 spiro atoms. The van der Waals surface area contributed by atoms with Crippen molar-refractivity contribution in [2.75, 3.05) is 6.54 Å². The van der Waals surface area contributed by atoms with E-state index in [-0.39, 0.29) is 0 Å². The third-order valence-electron chi connectivity index (χ3n) is 3.10. The second-order valence-electron chi connectivity index (χ2n) is 4.55. The van der Waals surface area contributed by atoms with Crippen molar-refractivity contribution < 1.29 is 9.90 Å². The predicted molar refractivity (Wildman–Crippen MR) is 73.6 cm³/mol. The zero-order chi connectivity index (χ0) is 13.6. The minimum atomic E-state index is -1.07. The Kier molecular flexibility index (Phi) is 5.10. The van der Waals surface area contributed by atoms with E-state index in [2.05, 4.69) is 18.8 Å². The summed E-state index contributed by atoms with van der Waals surface area (Å²) in [7, 11) is 0. The van der Waals surface area contributed by atoms with Crippen LogP contribution in [0.15, 0.2) is 36.9 Å². The van der Waals surface area contributed by atoms with Crippen LogP contribution in [0.25, 0.3) is 0 Å². The van der Waals surface area contributed by atoms with Crippen molar-refractivity contribution in [2.45, 2.75) is 32.2 Å². The highest BCUT2D eigenvalue weighted by Gasteiger charge is 2.34. The van der Waals surface area contributed by atoms with Gasteiger partial charge in [0.05, 0.1) is 0 Å². The molecule has 1 aromatic rings. The Morgan fingerprint density at radius 1 is 1.44 bits per heavy atom. The van der Waals surface area contributed by atoms with Gasteiger partial charge in [0.1, 0.15) is 5.54 Å². The average molecular weight is 247 g/mol. The number of nitrogens with one attached hydrogen (secondary N) is 1. The van der Waals surface area contributed by atoms with Crippen molar-refractivity contribution in [2.24, 2.45) is 0 Å². The molecule has 3 heteroatoms. The van der Waals surface area contributed by atoms with Gasteiger partial charge < -0.3 is 5.11 Å². The summed E-state index contributed by atoms with van der Waals surface area (Å²) in [6.45, 7) is 7.86. The Hall–Kier alpha value is -1.61. The van der Waals surface area contributed by atoms with Crippen molar-refractivity contribution in [3.05, 3.63) is 48.0 Å². The molecule has 0 bridgehead atoms. The van der Waals surface area contributed by atoms with Crippen LogP contribution < -0.4 is 5.32 Å². The molecule has 0 saturated carbocycles. The fraction of sp³-hybridized carbons (Fsp3) is 0.400. The molecule has 0 amide bonds. The summed E-state index contributed by atoms with van der Waals surface area (Å²) >= 11 is 0. The molecule has 0 radical (unpaired) electrons. The molecule has 0 aliphatic rings. The molecule has 0 heterocycles. The van der Waals surface area contributed by atoms with Gasteiger partial charge in [-0.3, -0.25) is 5.32 Å². The molecule has 18 heavy (non-hydrogen) atoms. The minimum Gasteiger partial charge on any atom is -0.480 e. The molecule has 0 fully saturated rings. The number of aliphatic carboxylic acids is 1. The number of carbonyl (C=O) groups is 1. The molecule has 1 unspecified atom stereocenters. The summed E-state index contributed by atoms with van der Waals surface area (Å²) in [6.07, 6.45) is 3.76. The smallest absolute Gasteiger partial charge is 0.328 e. The first-order valence-electron chi connectivity index (χ1n) is 6.23. The number of carboxylic acid groups (broad SMARTS) is 1. The molecule has 1 rings (SSSR count). The molecular formula is C15H21NO2. The Bertz CT molecular complexity index is 411. The zero-order valence-electron chi connectivity index (χ0n) is 11.1. The van der Waals surface area contributed by atoms with Gasteiger partial charge in [0, 0.05) is 6.54 Å². The second-order valence-corrected chi connectivity index (χ2v) is 4.55. The second kappa shape index (κ2) is 6.36. The van der Waals surface area contributed by atoms with Gasteiger partial charge in [0.25, 0.3) is 0 Å². The Balaban J connectivity index is 2.98. The number of benzene rings is 1. The summed E-state index contributed by atoms with van der Waals surface area (Å²) in [4.78, 5) is 11.4. The lowest BCUT2D eigenvalue weighted by atomic mass is 9.91. The van der Waals surface area contributed by atoms with Gasteiger partial charge in [0.2, 0.25) is 0 Å². The van der Waals surface area contributed by atoms with E-state index < -0.39 is 11.5 Å². The van der Waals surface area contributed by atoms with E-state index in [0.29, 0.717) is 6.54 Å². The molecule has 0 aliphatic carbocycles. The first kappa shape index (κ1) is 14.5. The summed E-state index contributed by atoms with van der Waals surface area (Å²) in [5, 5.41) is 12.4. The van der Waals surface area contributed by atoms with Gasteiger partial charge in [-0.05, 0) is 24.5 Å². The molecule has 3 nitrogen and oxygen atoms in total. The lowest BCUT2D eigenvalue weighted by Crippen LogP contribution is -2.46. The molecule has 1 atom stereocenters. The Morgan fingerprint density at radius 2 is 2.06 bits per heavy atom. The van der Waals surface area contributed by atoms with Crippen LogP contribution in [0.1, 0.15) is 31.4 Å². The van der Waals surface area contributed by atoms with E-state index in [1.54, 1.807) is 13.0 Å². The molecular weight excluding hydrogens is 226 g/mol. The van der Waals surface area contributed by atoms with E-state index in [1.807, 2.05) is 24.3 Å². The van der Waals surface area contributed by atoms with Crippen molar-refractivity contribution in [3.8, 4) is 0 Å². The van der Waals surface area contributed by atoms with Crippen LogP contribution in [-0.4, -0.2) is 17.6 Å². The van der Waals surface area contributed by atoms with Crippen molar-refractivity contribution in [1.82, 2.24) is 5.32 Å². The SMILES string of the molecule is C=CCNC(C)(C(=O)O)c1ccc(CCC)cc1. The first-order chi connectivity index (χ1) is 8.54. The lowest BCUT2D eigenvalue weighted by Gasteiger charge is -2.26. The summed E-state index contributed by atoms with van der Waals surface area (Å²) in [6, 6.07) is 7.76. The fourth-order valence-electron chi connectivity index (χ4n) is 1.87. The Labute approximate surface area is 109 Å². The molecule has 0 aromatic heterocycles. The van der Waals surface area contributed by atoms with Crippen LogP contribution in [0.5, 0.6) is 0 Å². The van der Waals surface area contributed by atoms with Gasteiger partial charge in [-0.25, -0.2) is 4.79 Å². The number of carboxylic acids is 1. The van der Waals surface area contributed by atoms with Gasteiger partial charge in [-0.15, -0.1) is 6.58 Å². The molecule has 98 valence electrons. The maximum Gasteiger partial charge on any atom is 0.328 e. The van der Waals surface area contributed by atoms with Gasteiger partial charge in [-0.1, -0.05) is 43.7 Å². The molecule has 2 N–H and O–H groups in total. The molecule has 0 aliphatic heterocycles. The van der Waals surface area contributed by atoms with Crippen molar-refractivity contribution in [1.29, 1.82) is 0 Å². The van der Waals surface area contributed by atoms with Gasteiger partial charge >= 0.3 is 5.97 Å². The highest BCUT2D eigenvalue weighted by molar-refractivity contribution is 5.80. The van der Waals surface area contributed by atoms with Crippen molar-refractivity contribution >= 4 is 5.97 Å². The summed E-state index contributed by atoms with van der Waals surface area (Å²) < 4.78 is 0. The third kappa shape index (κ3) is 3.20. The normalized spacial score (nSPS) is 13.9. The van der Waals surface area contributed by atoms with E-state index >= 15 is 0 Å². The maximum atomic E-state index is 11.4. The summed E-state index contributed by atoms with van der Waals surface area (Å²) in [5.41, 5.74) is 0.924. The van der Waals surface area contributed by atoms with Gasteiger partial charge in [0.15, 0.2) is 0 Å². The van der Waals surface area contributed by atoms with Crippen LogP contribution in [0.2, 0.25) is 0 Å². The van der Waals surface area contributed by atoms with E-state index in [4.69, 9.17) is 0 Å².